The van der Waals surface area contributed by atoms with Gasteiger partial charge in [0.25, 0.3) is 0 Å². The molecular formula is C20H22F2HfP2. The van der Waals surface area contributed by atoms with Crippen molar-refractivity contribution >= 4 is 31.3 Å². The topological polar surface area (TPSA) is 0 Å². The van der Waals surface area contributed by atoms with E-state index in [2.05, 4.69) is 80.5 Å². The van der Waals surface area contributed by atoms with Crippen LogP contribution in [-0.2, 0) is 25.8 Å². The van der Waals surface area contributed by atoms with Crippen LogP contribution in [0.4, 0.5) is 0 Å². The third-order valence-corrected chi connectivity index (χ3v) is 12.9. The van der Waals surface area contributed by atoms with Crippen LogP contribution in [0.5, 0.6) is 0 Å². The molecule has 25 heavy (non-hydrogen) atoms. The van der Waals surface area contributed by atoms with Crippen molar-refractivity contribution in [1.82, 2.24) is 0 Å². The number of hydrogen-bond acceptors (Lipinski definition) is 0. The van der Waals surface area contributed by atoms with Crippen molar-refractivity contribution < 1.29 is 35.3 Å². The minimum absolute atomic E-state index is 0. The third-order valence-electron chi connectivity index (χ3n) is 5.18. The zero-order valence-corrected chi connectivity index (χ0v) is 19.8. The maximum absolute atomic E-state index is 2.65. The van der Waals surface area contributed by atoms with E-state index in [1.54, 1.807) is 5.30 Å². The molecule has 2 aromatic carbocycles. The molecule has 0 radical (unpaired) electrons. The SMILES string of the molecule is CP(c1cc2ccccc2[cH-]1)P(C)C1[CH-]C2C=CC=CC2C1.[F-].[F-].[Hf+4]. The Labute approximate surface area is 170 Å². The van der Waals surface area contributed by atoms with Gasteiger partial charge in [0.15, 0.2) is 0 Å². The Kier molecular flexibility index (Phi) is 8.92. The quantitative estimate of drug-likeness (QED) is 0.284. The molecule has 0 spiro atoms. The first-order chi connectivity index (χ1) is 10.7. The maximum atomic E-state index is 2.65. The van der Waals surface area contributed by atoms with Gasteiger partial charge >= 0.3 is 25.8 Å². The Morgan fingerprint density at radius 1 is 1.04 bits per heavy atom. The number of hydrogen-bond donors (Lipinski definition) is 0. The van der Waals surface area contributed by atoms with E-state index in [1.807, 2.05) is 0 Å². The van der Waals surface area contributed by atoms with E-state index in [-0.39, 0.29) is 50.5 Å². The summed E-state index contributed by atoms with van der Waals surface area (Å²) >= 11 is 0. The Hall–Kier alpha value is -0.0999. The van der Waals surface area contributed by atoms with E-state index < -0.39 is 0 Å². The minimum Gasteiger partial charge on any atom is -1.00 e. The average molecular weight is 541 g/mol. The zero-order valence-electron chi connectivity index (χ0n) is 14.4. The van der Waals surface area contributed by atoms with E-state index in [9.17, 15) is 0 Å². The van der Waals surface area contributed by atoms with Crippen LogP contribution < -0.4 is 14.7 Å². The number of benzene rings is 1. The van der Waals surface area contributed by atoms with Gasteiger partial charge in [0.1, 0.15) is 0 Å². The maximum Gasteiger partial charge on any atom is 4.00 e. The van der Waals surface area contributed by atoms with Gasteiger partial charge in [-0.3, -0.25) is 0 Å². The summed E-state index contributed by atoms with van der Waals surface area (Å²) in [5, 5.41) is 4.41. The molecule has 5 heteroatoms. The number of allylic oxidation sites excluding steroid dienone is 4. The molecule has 0 N–H and O–H groups in total. The second-order valence-corrected chi connectivity index (χ2v) is 13.5. The van der Waals surface area contributed by atoms with Gasteiger partial charge in [-0.05, 0) is 19.2 Å². The van der Waals surface area contributed by atoms with Crippen LogP contribution in [0.15, 0.2) is 60.7 Å². The van der Waals surface area contributed by atoms with Crippen LogP contribution in [0.3, 0.4) is 0 Å². The summed E-state index contributed by atoms with van der Waals surface area (Å²) in [6, 6.07) is 13.6. The van der Waals surface area contributed by atoms with E-state index in [0.717, 1.165) is 11.6 Å². The van der Waals surface area contributed by atoms with E-state index in [0.29, 0.717) is 5.92 Å². The molecule has 5 unspecified atom stereocenters. The van der Waals surface area contributed by atoms with Gasteiger partial charge in [0.05, 0.1) is 0 Å². The predicted octanol–water partition coefficient (Wildman–Crippen LogP) is -0.337. The number of rotatable bonds is 3. The third kappa shape index (κ3) is 4.60. The standard InChI is InChI=1S/C20H22P2.2FH.Hf/c1-21(19-11-15-7-3-4-8-16(15)12-19)22(2)20-13-17-9-5-6-10-18(17)14-20;;;/h3-13,17-18,20H,14H2,1-2H3;2*1H;/q-2;;;+4/p-2. The fourth-order valence-corrected chi connectivity index (χ4v) is 9.47. The van der Waals surface area contributed by atoms with E-state index >= 15 is 0 Å². The molecule has 0 heterocycles. The average Bonchev–Trinajstić information content (AvgIpc) is 3.16. The molecule has 0 nitrogen and oxygen atoms in total. The van der Waals surface area contributed by atoms with Gasteiger partial charge in [-0.1, -0.05) is 38.3 Å². The van der Waals surface area contributed by atoms with Crippen LogP contribution >= 0.6 is 15.2 Å². The summed E-state index contributed by atoms with van der Waals surface area (Å²) in [5.74, 6) is 1.46. The fraction of sp³-hybridized carbons (Fsp3) is 0.300. The number of halogens is 2. The molecule has 0 aromatic heterocycles. The van der Waals surface area contributed by atoms with Crippen LogP contribution in [0.1, 0.15) is 6.42 Å². The molecule has 130 valence electrons. The summed E-state index contributed by atoms with van der Waals surface area (Å²) in [6.07, 6.45) is 13.3. The van der Waals surface area contributed by atoms with Gasteiger partial charge < -0.3 is 15.8 Å². The summed E-state index contributed by atoms with van der Waals surface area (Å²) < 4.78 is 0. The molecule has 0 saturated heterocycles. The first-order valence-corrected chi connectivity index (χ1v) is 12.4. The molecule has 2 aliphatic rings. The van der Waals surface area contributed by atoms with Crippen molar-refractivity contribution in [3.63, 3.8) is 0 Å². The van der Waals surface area contributed by atoms with Gasteiger partial charge in [-0.25, -0.2) is 0 Å². The second kappa shape index (κ2) is 9.72. The Bertz CT molecular complexity index is 687. The summed E-state index contributed by atoms with van der Waals surface area (Å²) in [6.45, 7) is 5.03. The molecule has 5 atom stereocenters. The molecule has 1 saturated carbocycles. The van der Waals surface area contributed by atoms with Gasteiger partial charge in [0.2, 0.25) is 0 Å². The molecule has 0 amide bonds. The monoisotopic (exact) mass is 542 g/mol. The van der Waals surface area contributed by atoms with Crippen LogP contribution in [0.2, 0.25) is 0 Å². The van der Waals surface area contributed by atoms with Crippen molar-refractivity contribution in [2.24, 2.45) is 11.8 Å². The normalized spacial score (nSPS) is 26.1. The van der Waals surface area contributed by atoms with Crippen molar-refractivity contribution in [3.8, 4) is 0 Å². The van der Waals surface area contributed by atoms with Gasteiger partial charge in [-0.15, -0.1) is 65.6 Å². The van der Waals surface area contributed by atoms with E-state index in [1.165, 1.54) is 17.2 Å². The summed E-state index contributed by atoms with van der Waals surface area (Å²) in [7, 11) is 0.0115. The summed E-state index contributed by atoms with van der Waals surface area (Å²) in [5.41, 5.74) is 0.825. The first-order valence-electron chi connectivity index (χ1n) is 8.04. The Morgan fingerprint density at radius 3 is 2.48 bits per heavy atom. The Morgan fingerprint density at radius 2 is 1.76 bits per heavy atom. The molecule has 2 aromatic rings. The molecule has 2 aliphatic carbocycles. The molecule has 0 aliphatic heterocycles. The smallest absolute Gasteiger partial charge is 1.00 e. The van der Waals surface area contributed by atoms with Crippen LogP contribution in [-0.4, -0.2) is 19.0 Å². The largest absolute Gasteiger partial charge is 4.00 e. The molecule has 0 bridgehead atoms. The molecular weight excluding hydrogens is 519 g/mol. The van der Waals surface area contributed by atoms with Crippen molar-refractivity contribution in [2.45, 2.75) is 12.1 Å². The second-order valence-electron chi connectivity index (χ2n) is 6.45. The number of fused-ring (bicyclic) bond motifs is 2. The van der Waals surface area contributed by atoms with Crippen molar-refractivity contribution in [2.75, 3.05) is 13.3 Å². The van der Waals surface area contributed by atoms with Gasteiger partial charge in [-0.2, -0.15) is 6.07 Å². The van der Waals surface area contributed by atoms with Crippen LogP contribution in [0.25, 0.3) is 10.8 Å². The zero-order chi connectivity index (χ0) is 15.1. The van der Waals surface area contributed by atoms with Crippen molar-refractivity contribution in [1.29, 1.82) is 0 Å². The van der Waals surface area contributed by atoms with Crippen LogP contribution in [0, 0.1) is 18.3 Å². The van der Waals surface area contributed by atoms with Crippen molar-refractivity contribution in [3.05, 3.63) is 67.1 Å². The molecule has 1 fully saturated rings. The minimum atomic E-state index is -0.0371. The summed E-state index contributed by atoms with van der Waals surface area (Å²) in [4.78, 5) is 0. The van der Waals surface area contributed by atoms with E-state index in [4.69, 9.17) is 0 Å². The molecule has 4 rings (SSSR count). The first kappa shape index (κ1) is 22.9. The Balaban J connectivity index is 0.00000104. The fourth-order valence-electron chi connectivity index (χ4n) is 3.73. The predicted molar refractivity (Wildman–Crippen MR) is 103 cm³/mol. The van der Waals surface area contributed by atoms with Gasteiger partial charge in [0, 0.05) is 0 Å².